The molecule has 1 saturated heterocycles. The minimum absolute atomic E-state index is 0.0153. The van der Waals surface area contributed by atoms with Gasteiger partial charge in [-0.05, 0) is 72.9 Å². The number of piperazine rings is 1. The molecule has 0 spiro atoms. The molecule has 250 valence electrons. The number of aromatic nitrogens is 4. The Balaban J connectivity index is 1.22. The number of rotatable bonds is 9. The Kier molecular flexibility index (Phi) is 10.7. The molecule has 3 aromatic rings. The molecule has 5 rings (SSSR count). The van der Waals surface area contributed by atoms with Crippen molar-refractivity contribution in [3.8, 4) is 17.5 Å². The summed E-state index contributed by atoms with van der Waals surface area (Å²) >= 11 is 13.6. The third kappa shape index (κ3) is 8.94. The van der Waals surface area contributed by atoms with Gasteiger partial charge < -0.3 is 16.0 Å². The van der Waals surface area contributed by atoms with E-state index in [0.717, 1.165) is 67.6 Å². The molecular weight excluding hydrogens is 683 g/mol. The van der Waals surface area contributed by atoms with E-state index < -0.39 is 29.0 Å². The van der Waals surface area contributed by atoms with Gasteiger partial charge in [-0.2, -0.15) is 17.9 Å². The topological polar surface area (TPSA) is 117 Å². The smallest absolute Gasteiger partial charge is 0.339 e. The lowest BCUT2D eigenvalue weighted by Crippen LogP contribution is -2.51. The fraction of sp³-hybridized carbons (Fsp3) is 0.433. The summed E-state index contributed by atoms with van der Waals surface area (Å²) < 4.78 is 57.1. The Morgan fingerprint density at radius 3 is 2.51 bits per heavy atom. The highest BCUT2D eigenvalue weighted by atomic mass is 35.5. The van der Waals surface area contributed by atoms with Crippen LogP contribution in [0.15, 0.2) is 29.4 Å². The van der Waals surface area contributed by atoms with Crippen LogP contribution in [-0.2, 0) is 15.8 Å². The summed E-state index contributed by atoms with van der Waals surface area (Å²) in [4.78, 5) is 27.3. The molecule has 10 nitrogen and oxygen atoms in total. The van der Waals surface area contributed by atoms with Crippen LogP contribution >= 0.6 is 35.0 Å². The van der Waals surface area contributed by atoms with Crippen LogP contribution in [0.5, 0.6) is 0 Å². The summed E-state index contributed by atoms with van der Waals surface area (Å²) in [7, 11) is 0. The van der Waals surface area contributed by atoms with Crippen LogP contribution in [0, 0.1) is 17.7 Å². The molecule has 47 heavy (non-hydrogen) atoms. The maximum absolute atomic E-state index is 15.1. The predicted molar refractivity (Wildman–Crippen MR) is 170 cm³/mol. The standard InChI is InChI=1S/C30H30Cl2F4N8O2S/c1-29(2,39-23(45)15-43-11-9-37-10-12-43)8-7-18-5-6-21(26(32)27(18)33)38-24(46)16-47-28-40-41-42-44(28)22-14-19(30(34,35)36)13-20(25(22)31)17-3-4-17/h5-6,13-14,17,37H,3-4,9-12,15-16H2,1-2H3,(H,38,46)(H,39,45). The Bertz CT molecular complexity index is 1730. The molecule has 1 aliphatic carbocycles. The second kappa shape index (κ2) is 14.4. The average molecular weight is 714 g/mol. The zero-order valence-electron chi connectivity index (χ0n) is 25.3. The summed E-state index contributed by atoms with van der Waals surface area (Å²) in [5.41, 5.74) is -1.58. The summed E-state index contributed by atoms with van der Waals surface area (Å²) in [6, 6.07) is 4.65. The van der Waals surface area contributed by atoms with Crippen molar-refractivity contribution in [2.24, 2.45) is 0 Å². The summed E-state index contributed by atoms with van der Waals surface area (Å²) in [5.74, 6) is 3.54. The fourth-order valence-corrected chi connectivity index (χ4v) is 6.07. The van der Waals surface area contributed by atoms with E-state index in [9.17, 15) is 22.8 Å². The van der Waals surface area contributed by atoms with Crippen molar-refractivity contribution in [3.05, 3.63) is 56.8 Å². The molecule has 1 aliphatic heterocycles. The number of nitrogens with one attached hydrogen (secondary N) is 3. The number of anilines is 1. The Hall–Kier alpha value is -3.42. The number of carbonyl (C=O) groups excluding carboxylic acids is 2. The molecule has 0 atom stereocenters. The van der Waals surface area contributed by atoms with Gasteiger partial charge in [0.2, 0.25) is 17.0 Å². The third-order valence-corrected chi connectivity index (χ3v) is 9.02. The van der Waals surface area contributed by atoms with E-state index in [-0.39, 0.29) is 56.3 Å². The van der Waals surface area contributed by atoms with E-state index in [4.69, 9.17) is 23.2 Å². The van der Waals surface area contributed by atoms with Gasteiger partial charge in [-0.15, -0.1) is 5.10 Å². The molecule has 1 saturated carbocycles. The number of halogens is 6. The highest BCUT2D eigenvalue weighted by Gasteiger charge is 2.36. The summed E-state index contributed by atoms with van der Waals surface area (Å²) in [6.45, 7) is 6.78. The van der Waals surface area contributed by atoms with Gasteiger partial charge in [0.05, 0.1) is 45.4 Å². The predicted octanol–water partition coefficient (Wildman–Crippen LogP) is 4.89. The van der Waals surface area contributed by atoms with Gasteiger partial charge in [0.1, 0.15) is 5.02 Å². The lowest BCUT2D eigenvalue weighted by Gasteiger charge is -2.28. The monoisotopic (exact) mass is 712 g/mol. The van der Waals surface area contributed by atoms with Crippen LogP contribution in [0.3, 0.4) is 0 Å². The number of carbonyl (C=O) groups is 2. The number of thioether (sulfide) groups is 1. The van der Waals surface area contributed by atoms with Crippen LogP contribution in [0.25, 0.3) is 5.69 Å². The van der Waals surface area contributed by atoms with Gasteiger partial charge in [0.15, 0.2) is 5.82 Å². The largest absolute Gasteiger partial charge is 0.416 e. The van der Waals surface area contributed by atoms with Crippen molar-refractivity contribution in [3.63, 3.8) is 0 Å². The van der Waals surface area contributed by atoms with Crippen molar-refractivity contribution in [1.82, 2.24) is 35.7 Å². The molecule has 2 amide bonds. The van der Waals surface area contributed by atoms with Crippen LogP contribution < -0.4 is 16.0 Å². The number of tetrazole rings is 1. The Labute approximate surface area is 282 Å². The van der Waals surface area contributed by atoms with Crippen LogP contribution in [0.4, 0.5) is 23.2 Å². The fourth-order valence-electron chi connectivity index (χ4n) is 4.83. The first-order valence-electron chi connectivity index (χ1n) is 14.6. The number of amides is 2. The third-order valence-electron chi connectivity index (χ3n) is 7.32. The molecule has 3 N–H and O–H groups in total. The average Bonchev–Trinajstić information content (AvgIpc) is 3.74. The van der Waals surface area contributed by atoms with Crippen molar-refractivity contribution in [2.45, 2.75) is 49.5 Å². The molecule has 2 heterocycles. The van der Waals surface area contributed by atoms with Crippen LogP contribution in [-0.4, -0.2) is 80.9 Å². The molecule has 0 radical (unpaired) electrons. The first-order valence-corrected chi connectivity index (χ1v) is 16.3. The number of hydrogen-bond acceptors (Lipinski definition) is 8. The minimum atomic E-state index is -4.61. The number of hydrogen-bond donors (Lipinski definition) is 3. The molecule has 17 heteroatoms. The van der Waals surface area contributed by atoms with E-state index in [2.05, 4.69) is 43.3 Å². The van der Waals surface area contributed by atoms with Gasteiger partial charge in [-0.25, -0.2) is 4.39 Å². The SMILES string of the molecule is CC(C)(C#Cc1ccc(NC(=O)CSc2nnnn2-c2cc(C(F)(F)F)cc(C3CC3)c2Cl)c(Cl)c1F)NC(=O)CN1CCNCC1. The van der Waals surface area contributed by atoms with Crippen LogP contribution in [0.2, 0.25) is 10.0 Å². The first kappa shape index (κ1) is 34.9. The van der Waals surface area contributed by atoms with Crippen LogP contribution in [0.1, 0.15) is 49.3 Å². The first-order chi connectivity index (χ1) is 22.2. The zero-order valence-corrected chi connectivity index (χ0v) is 27.6. The van der Waals surface area contributed by atoms with Crippen molar-refractivity contribution in [2.75, 3.05) is 43.8 Å². The van der Waals surface area contributed by atoms with E-state index in [1.54, 1.807) is 13.8 Å². The molecule has 2 aromatic carbocycles. The van der Waals surface area contributed by atoms with Gasteiger partial charge in [-0.1, -0.05) is 46.8 Å². The zero-order chi connectivity index (χ0) is 33.9. The number of benzene rings is 2. The summed E-state index contributed by atoms with van der Waals surface area (Å²) in [6.07, 6.45) is -3.17. The highest BCUT2D eigenvalue weighted by Crippen LogP contribution is 2.47. The molecule has 0 bridgehead atoms. The van der Waals surface area contributed by atoms with Gasteiger partial charge >= 0.3 is 6.18 Å². The van der Waals surface area contributed by atoms with E-state index in [1.165, 1.54) is 12.1 Å². The lowest BCUT2D eigenvalue weighted by atomic mass is 10.0. The van der Waals surface area contributed by atoms with Crippen molar-refractivity contribution in [1.29, 1.82) is 0 Å². The molecular formula is C30H30Cl2F4N8O2S. The van der Waals surface area contributed by atoms with Crippen molar-refractivity contribution >= 4 is 52.5 Å². The second-order valence-electron chi connectivity index (χ2n) is 11.6. The Morgan fingerprint density at radius 2 is 1.83 bits per heavy atom. The van der Waals surface area contributed by atoms with Gasteiger partial charge in [-0.3, -0.25) is 14.5 Å². The number of alkyl halides is 3. The highest BCUT2D eigenvalue weighted by molar-refractivity contribution is 7.99. The second-order valence-corrected chi connectivity index (χ2v) is 13.3. The van der Waals surface area contributed by atoms with Gasteiger partial charge in [0.25, 0.3) is 0 Å². The molecule has 1 aromatic heterocycles. The van der Waals surface area contributed by atoms with E-state index in [1.807, 2.05) is 4.90 Å². The molecule has 2 fully saturated rings. The van der Waals surface area contributed by atoms with E-state index >= 15 is 4.39 Å². The molecule has 0 unspecified atom stereocenters. The van der Waals surface area contributed by atoms with E-state index in [0.29, 0.717) is 5.56 Å². The number of nitrogens with zero attached hydrogens (tertiary/aromatic N) is 5. The quantitative estimate of drug-likeness (QED) is 0.163. The van der Waals surface area contributed by atoms with Crippen molar-refractivity contribution < 1.29 is 27.2 Å². The summed E-state index contributed by atoms with van der Waals surface area (Å²) in [5, 5.41) is 19.5. The van der Waals surface area contributed by atoms with Gasteiger partial charge in [0, 0.05) is 26.2 Å². The maximum atomic E-state index is 15.1. The minimum Gasteiger partial charge on any atom is -0.339 e. The lowest BCUT2D eigenvalue weighted by molar-refractivity contribution is -0.137. The Morgan fingerprint density at radius 1 is 1.11 bits per heavy atom. The maximum Gasteiger partial charge on any atom is 0.416 e. The normalized spacial score (nSPS) is 15.6. The molecule has 2 aliphatic rings.